The van der Waals surface area contributed by atoms with E-state index in [4.69, 9.17) is 0 Å². The molecule has 1 amide bonds. The van der Waals surface area contributed by atoms with Gasteiger partial charge in [0, 0.05) is 27.5 Å². The third kappa shape index (κ3) is 3.25. The Bertz CT molecular complexity index is 1310. The van der Waals surface area contributed by atoms with Crippen molar-refractivity contribution < 1.29 is 4.79 Å². The van der Waals surface area contributed by atoms with E-state index < -0.39 is 0 Å². The monoisotopic (exact) mass is 467 g/mol. The Morgan fingerprint density at radius 1 is 1.20 bits per heavy atom. The number of para-hydroxylation sites is 1. The van der Waals surface area contributed by atoms with Crippen LogP contribution in [0.25, 0.3) is 21.9 Å². The largest absolute Gasteiger partial charge is 0.326 e. The normalized spacial score (nSPS) is 19.4. The van der Waals surface area contributed by atoms with E-state index in [1.165, 1.54) is 0 Å². The molecule has 30 heavy (non-hydrogen) atoms. The Morgan fingerprint density at radius 2 is 2.00 bits per heavy atom. The molecule has 0 unspecified atom stereocenters. The van der Waals surface area contributed by atoms with Crippen molar-refractivity contribution in [3.8, 4) is 0 Å². The van der Waals surface area contributed by atoms with Gasteiger partial charge in [0.25, 0.3) is 0 Å². The first kappa shape index (κ1) is 19.1. The summed E-state index contributed by atoms with van der Waals surface area (Å²) < 4.78 is 2.73. The molecule has 3 N–H and O–H groups in total. The van der Waals surface area contributed by atoms with Gasteiger partial charge in [0.15, 0.2) is 0 Å². The van der Waals surface area contributed by atoms with Crippen LogP contribution in [0.2, 0.25) is 0 Å². The van der Waals surface area contributed by atoms with Gasteiger partial charge >= 0.3 is 5.69 Å². The Morgan fingerprint density at radius 3 is 2.80 bits per heavy atom. The third-order valence-electron chi connectivity index (χ3n) is 6.16. The maximum absolute atomic E-state index is 12.8. The van der Waals surface area contributed by atoms with Gasteiger partial charge in [-0.2, -0.15) is 5.10 Å². The number of amides is 1. The van der Waals surface area contributed by atoms with Crippen molar-refractivity contribution in [2.24, 2.45) is 5.92 Å². The molecular formula is C22H22BrN5O2. The van der Waals surface area contributed by atoms with Crippen LogP contribution < -0.4 is 11.0 Å². The second-order valence-electron chi connectivity index (χ2n) is 8.00. The van der Waals surface area contributed by atoms with Gasteiger partial charge in [0.05, 0.1) is 22.2 Å². The second-order valence-corrected chi connectivity index (χ2v) is 8.85. The number of rotatable bonds is 3. The van der Waals surface area contributed by atoms with Gasteiger partial charge in [-0.15, -0.1) is 0 Å². The highest BCUT2D eigenvalue weighted by molar-refractivity contribution is 9.10. The average molecular weight is 468 g/mol. The van der Waals surface area contributed by atoms with Crippen molar-refractivity contribution in [2.45, 2.75) is 38.6 Å². The van der Waals surface area contributed by atoms with Crippen LogP contribution >= 0.6 is 15.9 Å². The van der Waals surface area contributed by atoms with Crippen LogP contribution in [0.15, 0.2) is 45.7 Å². The molecule has 4 aromatic rings. The number of nitrogens with zero attached hydrogens (tertiary/aromatic N) is 2. The first-order chi connectivity index (χ1) is 14.5. The van der Waals surface area contributed by atoms with Crippen LogP contribution in [-0.4, -0.2) is 25.7 Å². The maximum atomic E-state index is 12.8. The summed E-state index contributed by atoms with van der Waals surface area (Å²) in [5, 5.41) is 11.2. The van der Waals surface area contributed by atoms with Crippen LogP contribution in [0.1, 0.15) is 37.4 Å². The molecule has 154 valence electrons. The molecule has 2 aromatic carbocycles. The summed E-state index contributed by atoms with van der Waals surface area (Å²) in [5.41, 5.74) is 4.31. The molecule has 2 aromatic heterocycles. The Hall–Kier alpha value is -2.87. The van der Waals surface area contributed by atoms with Crippen molar-refractivity contribution in [3.05, 3.63) is 57.0 Å². The number of nitrogens with one attached hydrogen (secondary N) is 3. The Balaban J connectivity index is 1.29. The molecule has 2 heterocycles. The molecule has 5 rings (SSSR count). The lowest BCUT2D eigenvalue weighted by atomic mass is 9.85. The highest BCUT2D eigenvalue weighted by Gasteiger charge is 2.29. The molecule has 1 fully saturated rings. The number of anilines is 1. The van der Waals surface area contributed by atoms with E-state index in [-0.39, 0.29) is 23.6 Å². The minimum absolute atomic E-state index is 0.0444. The molecule has 0 aliphatic heterocycles. The predicted molar refractivity (Wildman–Crippen MR) is 121 cm³/mol. The highest BCUT2D eigenvalue weighted by atomic mass is 79.9. The fourth-order valence-electron chi connectivity index (χ4n) is 4.54. The molecule has 0 atom stereocenters. The standard InChI is InChI=1S/C22H22BrN5O2/c1-12-16-11-14(7-10-18(16)27-26-12)24-21(29)13-5-8-15(9-6-13)28-19-4-2-3-17(23)20(19)25-22(28)30/h2-4,7,10-11,13,15H,5-6,8-9H2,1H3,(H,24,29)(H,25,30)(H,26,27)/t13-,15+. The summed E-state index contributed by atoms with van der Waals surface area (Å²) >= 11 is 3.50. The summed E-state index contributed by atoms with van der Waals surface area (Å²) in [6.45, 7) is 1.94. The number of hydrogen-bond donors (Lipinski definition) is 3. The van der Waals surface area contributed by atoms with Crippen molar-refractivity contribution in [2.75, 3.05) is 5.32 Å². The summed E-state index contributed by atoms with van der Waals surface area (Å²) in [6, 6.07) is 11.7. The van der Waals surface area contributed by atoms with Crippen LogP contribution in [0.4, 0.5) is 5.69 Å². The van der Waals surface area contributed by atoms with Gasteiger partial charge in [0.1, 0.15) is 0 Å². The minimum atomic E-state index is -0.0893. The van der Waals surface area contributed by atoms with Crippen molar-refractivity contribution in [3.63, 3.8) is 0 Å². The zero-order chi connectivity index (χ0) is 20.8. The van der Waals surface area contributed by atoms with Gasteiger partial charge in [0.2, 0.25) is 5.91 Å². The minimum Gasteiger partial charge on any atom is -0.326 e. The van der Waals surface area contributed by atoms with E-state index in [0.717, 1.165) is 63.5 Å². The van der Waals surface area contributed by atoms with Gasteiger partial charge in [-0.1, -0.05) is 6.07 Å². The first-order valence-corrected chi connectivity index (χ1v) is 10.9. The molecule has 1 aliphatic rings. The van der Waals surface area contributed by atoms with Gasteiger partial charge in [-0.3, -0.25) is 14.5 Å². The number of halogens is 1. The molecule has 0 saturated heterocycles. The summed E-state index contributed by atoms with van der Waals surface area (Å²) in [4.78, 5) is 28.3. The van der Waals surface area contributed by atoms with Crippen LogP contribution in [0, 0.1) is 12.8 Å². The number of aromatic amines is 2. The number of carbonyl (C=O) groups is 1. The third-order valence-corrected chi connectivity index (χ3v) is 6.82. The molecule has 1 saturated carbocycles. The lowest BCUT2D eigenvalue weighted by Gasteiger charge is -2.28. The summed E-state index contributed by atoms with van der Waals surface area (Å²) in [5.74, 6) is -0.00185. The topological polar surface area (TPSA) is 95.6 Å². The molecule has 7 nitrogen and oxygen atoms in total. The van der Waals surface area contributed by atoms with E-state index in [2.05, 4.69) is 36.4 Å². The number of aryl methyl sites for hydroxylation is 1. The Labute approximate surface area is 181 Å². The van der Waals surface area contributed by atoms with E-state index >= 15 is 0 Å². The molecule has 0 spiro atoms. The molecule has 8 heteroatoms. The molecular weight excluding hydrogens is 446 g/mol. The number of fused-ring (bicyclic) bond motifs is 2. The second kappa shape index (κ2) is 7.43. The average Bonchev–Trinajstić information content (AvgIpc) is 3.28. The predicted octanol–water partition coefficient (Wildman–Crippen LogP) is 4.65. The Kier molecular flexibility index (Phi) is 4.73. The number of hydrogen-bond acceptors (Lipinski definition) is 3. The van der Waals surface area contributed by atoms with Crippen LogP contribution in [0.3, 0.4) is 0 Å². The van der Waals surface area contributed by atoms with Gasteiger partial charge in [-0.25, -0.2) is 4.79 Å². The maximum Gasteiger partial charge on any atom is 0.326 e. The number of imidazole rings is 1. The smallest absolute Gasteiger partial charge is 0.326 e. The molecule has 0 bridgehead atoms. The zero-order valence-electron chi connectivity index (χ0n) is 16.5. The van der Waals surface area contributed by atoms with E-state index in [9.17, 15) is 9.59 Å². The zero-order valence-corrected chi connectivity index (χ0v) is 18.1. The fourth-order valence-corrected chi connectivity index (χ4v) is 4.99. The van der Waals surface area contributed by atoms with Crippen molar-refractivity contribution in [1.82, 2.24) is 19.7 Å². The van der Waals surface area contributed by atoms with Crippen LogP contribution in [-0.2, 0) is 4.79 Å². The summed E-state index contributed by atoms with van der Waals surface area (Å²) in [6.07, 6.45) is 3.13. The lowest BCUT2D eigenvalue weighted by Crippen LogP contribution is -2.31. The van der Waals surface area contributed by atoms with Gasteiger partial charge < -0.3 is 10.3 Å². The number of H-pyrrole nitrogens is 2. The number of aromatic nitrogens is 4. The van der Waals surface area contributed by atoms with Gasteiger partial charge in [-0.05, 0) is 78.9 Å². The quantitative estimate of drug-likeness (QED) is 0.409. The van der Waals surface area contributed by atoms with Crippen LogP contribution in [0.5, 0.6) is 0 Å². The molecule has 1 aliphatic carbocycles. The van der Waals surface area contributed by atoms with E-state index in [0.29, 0.717) is 0 Å². The molecule has 0 radical (unpaired) electrons. The van der Waals surface area contributed by atoms with E-state index in [1.54, 1.807) is 0 Å². The number of benzene rings is 2. The number of carbonyl (C=O) groups excluding carboxylic acids is 1. The lowest BCUT2D eigenvalue weighted by molar-refractivity contribution is -0.121. The summed E-state index contributed by atoms with van der Waals surface area (Å²) in [7, 11) is 0. The van der Waals surface area contributed by atoms with Crippen molar-refractivity contribution in [1.29, 1.82) is 0 Å². The first-order valence-electron chi connectivity index (χ1n) is 10.2. The van der Waals surface area contributed by atoms with E-state index in [1.807, 2.05) is 47.9 Å². The SMILES string of the molecule is Cc1n[nH]c2ccc(NC(=O)[C@H]3CC[C@@H](n4c(=O)[nH]c5c(Br)cccc54)CC3)cc12. The highest BCUT2D eigenvalue weighted by Crippen LogP contribution is 2.34. The fraction of sp³-hybridized carbons (Fsp3) is 0.318. The van der Waals surface area contributed by atoms with Crippen molar-refractivity contribution >= 4 is 49.5 Å².